The molecular weight excluding hydrogens is 929 g/mol. The summed E-state index contributed by atoms with van der Waals surface area (Å²) in [6.45, 7) is 0. The maximum atomic E-state index is 6.52. The fraction of sp³-hybridized carbons (Fsp3) is 0.0571. The highest BCUT2D eigenvalue weighted by Crippen LogP contribution is 2.59. The minimum atomic E-state index is 0.816. The van der Waals surface area contributed by atoms with Gasteiger partial charge in [-0.3, -0.25) is 0 Å². The van der Waals surface area contributed by atoms with Crippen molar-refractivity contribution in [1.29, 1.82) is 0 Å². The average molecular weight is 975 g/mol. The van der Waals surface area contributed by atoms with Crippen LogP contribution in [0.4, 0.5) is 68.2 Å². The lowest BCUT2D eigenvalue weighted by molar-refractivity contribution is 0.668. The van der Waals surface area contributed by atoms with Gasteiger partial charge in [0.15, 0.2) is 0 Å². The minimum absolute atomic E-state index is 0.816. The van der Waals surface area contributed by atoms with E-state index < -0.39 is 0 Å². The molecule has 2 aromatic heterocycles. The number of rotatable bonds is 6. The van der Waals surface area contributed by atoms with Crippen LogP contribution in [0, 0.1) is 0 Å². The lowest BCUT2D eigenvalue weighted by Crippen LogP contribution is -2.29. The Hall–Kier alpha value is -9.78. The first-order valence-corrected chi connectivity index (χ1v) is 26.4. The van der Waals surface area contributed by atoms with Crippen LogP contribution in [0.5, 0.6) is 0 Å². The molecule has 0 fully saturated rings. The first kappa shape index (κ1) is 41.7. The average Bonchev–Trinajstić information content (AvgIpc) is 4.19. The summed E-state index contributed by atoms with van der Waals surface area (Å²) in [5.41, 5.74) is 28.4. The molecule has 6 nitrogen and oxygen atoms in total. The van der Waals surface area contributed by atoms with Gasteiger partial charge in [-0.05, 0) is 130 Å². The van der Waals surface area contributed by atoms with E-state index in [1.54, 1.807) is 0 Å². The Labute approximate surface area is 439 Å². The third-order valence-corrected chi connectivity index (χ3v) is 16.6. The van der Waals surface area contributed by atoms with E-state index in [-0.39, 0.29) is 0 Å². The number of furan rings is 2. The monoisotopic (exact) mass is 974 g/mol. The Kier molecular flexibility index (Phi) is 8.70. The van der Waals surface area contributed by atoms with Crippen LogP contribution in [0.15, 0.2) is 239 Å². The van der Waals surface area contributed by atoms with E-state index >= 15 is 0 Å². The Morgan fingerprint density at radius 1 is 0.276 bits per heavy atom. The summed E-state index contributed by atoms with van der Waals surface area (Å²) in [7, 11) is 0. The van der Waals surface area contributed by atoms with Crippen molar-refractivity contribution >= 4 is 112 Å². The van der Waals surface area contributed by atoms with Crippen molar-refractivity contribution < 1.29 is 8.83 Å². The molecule has 11 aromatic carbocycles. The molecule has 6 heterocycles. The third-order valence-electron chi connectivity index (χ3n) is 16.6. The second-order valence-corrected chi connectivity index (χ2v) is 20.8. The van der Waals surface area contributed by atoms with Crippen LogP contribution in [0.2, 0.25) is 0 Å². The molecule has 0 bridgehead atoms. The van der Waals surface area contributed by atoms with Gasteiger partial charge in [0.2, 0.25) is 0 Å². The number of fused-ring (bicyclic) bond motifs is 14. The molecule has 13 aromatic rings. The third kappa shape index (κ3) is 6.04. The largest absolute Gasteiger partial charge is 0.456 e. The maximum Gasteiger partial charge on any atom is 0.137 e. The molecule has 0 unspecified atom stereocenters. The molecule has 0 saturated heterocycles. The molecule has 0 saturated carbocycles. The zero-order valence-electron chi connectivity index (χ0n) is 41.4. The molecule has 76 heavy (non-hydrogen) atoms. The van der Waals surface area contributed by atoms with Gasteiger partial charge in [0.05, 0.1) is 34.1 Å². The SMILES string of the molecule is c1ccc(N(c2ccc3c(c2)oc2ccccc23)c2ccc3c4c2Cc2ccccc2N4c2cc4c(cc2C3)N2c3ccccc3Cc3c(N(c5ccccc5)c5ccc6c(c5)oc5ccccc56)ccc(c32)C4)cc1. The molecule has 0 amide bonds. The number of anilines is 12. The van der Waals surface area contributed by atoms with Crippen molar-refractivity contribution in [3.63, 3.8) is 0 Å². The van der Waals surface area contributed by atoms with Crippen LogP contribution >= 0.6 is 0 Å². The molecule has 0 spiro atoms. The number of para-hydroxylation sites is 6. The topological polar surface area (TPSA) is 39.2 Å². The van der Waals surface area contributed by atoms with Crippen LogP contribution < -0.4 is 19.6 Å². The van der Waals surface area contributed by atoms with E-state index in [1.165, 1.54) is 90.0 Å². The predicted octanol–water partition coefficient (Wildman–Crippen LogP) is 19.0. The van der Waals surface area contributed by atoms with Crippen molar-refractivity contribution in [1.82, 2.24) is 0 Å². The van der Waals surface area contributed by atoms with Crippen molar-refractivity contribution in [2.75, 3.05) is 19.6 Å². The normalized spacial score (nSPS) is 13.5. The van der Waals surface area contributed by atoms with E-state index in [2.05, 4.69) is 238 Å². The van der Waals surface area contributed by atoms with E-state index in [9.17, 15) is 0 Å². The Morgan fingerprint density at radius 3 is 1.16 bits per heavy atom. The zero-order chi connectivity index (χ0) is 49.6. The summed E-state index contributed by atoms with van der Waals surface area (Å²) in [5.74, 6) is 0. The van der Waals surface area contributed by atoms with Crippen LogP contribution in [0.25, 0.3) is 43.9 Å². The fourth-order valence-electron chi connectivity index (χ4n) is 13.3. The molecule has 4 aliphatic heterocycles. The highest BCUT2D eigenvalue weighted by atomic mass is 16.3. The van der Waals surface area contributed by atoms with Gasteiger partial charge in [0, 0.05) is 105 Å². The first-order valence-electron chi connectivity index (χ1n) is 26.4. The zero-order valence-corrected chi connectivity index (χ0v) is 41.4. The molecule has 6 heteroatoms. The summed E-state index contributed by atoms with van der Waals surface area (Å²) in [6.07, 6.45) is 3.27. The Balaban J connectivity index is 0.827. The summed E-state index contributed by atoms with van der Waals surface area (Å²) in [4.78, 5) is 10.1. The molecular formula is C70H46N4O2. The van der Waals surface area contributed by atoms with Crippen molar-refractivity contribution in [2.45, 2.75) is 25.7 Å². The second-order valence-electron chi connectivity index (χ2n) is 20.8. The number of benzene rings is 11. The molecule has 0 aliphatic carbocycles. The molecule has 0 radical (unpaired) electrons. The van der Waals surface area contributed by atoms with Crippen LogP contribution in [0.3, 0.4) is 0 Å². The smallest absolute Gasteiger partial charge is 0.137 e. The molecule has 4 aliphatic rings. The molecule has 358 valence electrons. The Bertz CT molecular complexity index is 4280. The lowest BCUT2D eigenvalue weighted by Gasteiger charge is -2.44. The van der Waals surface area contributed by atoms with E-state index in [0.717, 1.165) is 92.3 Å². The summed E-state index contributed by atoms with van der Waals surface area (Å²) in [6, 6.07) is 84.3. The molecule has 17 rings (SSSR count). The predicted molar refractivity (Wildman–Crippen MR) is 311 cm³/mol. The maximum absolute atomic E-state index is 6.52. The summed E-state index contributed by atoms with van der Waals surface area (Å²) >= 11 is 0. The first-order chi connectivity index (χ1) is 37.7. The van der Waals surface area contributed by atoms with Crippen molar-refractivity contribution in [2.24, 2.45) is 0 Å². The summed E-state index contributed by atoms with van der Waals surface area (Å²) in [5, 5.41) is 4.51. The fourth-order valence-corrected chi connectivity index (χ4v) is 13.3. The quantitative estimate of drug-likeness (QED) is 0.165. The summed E-state index contributed by atoms with van der Waals surface area (Å²) < 4.78 is 13.0. The molecule has 0 atom stereocenters. The van der Waals surface area contributed by atoms with Crippen LogP contribution in [0.1, 0.15) is 44.5 Å². The van der Waals surface area contributed by atoms with Crippen molar-refractivity contribution in [3.8, 4) is 0 Å². The van der Waals surface area contributed by atoms with Gasteiger partial charge < -0.3 is 28.4 Å². The Morgan fingerprint density at radius 2 is 0.684 bits per heavy atom. The van der Waals surface area contributed by atoms with E-state index in [4.69, 9.17) is 8.83 Å². The molecule has 0 N–H and O–H groups in total. The number of hydrogen-bond donors (Lipinski definition) is 0. The lowest BCUT2D eigenvalue weighted by atomic mass is 9.81. The van der Waals surface area contributed by atoms with Gasteiger partial charge in [-0.2, -0.15) is 0 Å². The van der Waals surface area contributed by atoms with Crippen LogP contribution in [-0.2, 0) is 25.7 Å². The highest BCUT2D eigenvalue weighted by Gasteiger charge is 2.39. The number of nitrogens with zero attached hydrogens (tertiary/aromatic N) is 4. The standard InChI is InChI=1S/C70H46N4O2/c1-3-17-49(18-4-1)71(51-29-31-55-53-21-9-13-25-65(53)75-67(55)41-51)61-33-27-45-35-47-40-64-48(39-63(47)73-59-23-11-7-15-43(59)37-57(61)69(45)73)36-46-28-34-62(58-38-44-16-8-12-24-60(44)74(64)70(46)58)72(50-19-5-2-6-20-50)52-30-32-56-54-22-10-14-26-66(54)76-68(56)42-52/h1-34,39-42H,35-38H2. The van der Waals surface area contributed by atoms with Gasteiger partial charge in [0.1, 0.15) is 22.3 Å². The number of hydrogen-bond acceptors (Lipinski definition) is 6. The van der Waals surface area contributed by atoms with E-state index in [1.807, 2.05) is 12.1 Å². The van der Waals surface area contributed by atoms with Gasteiger partial charge in [-0.1, -0.05) is 121 Å². The van der Waals surface area contributed by atoms with Gasteiger partial charge in [0.25, 0.3) is 0 Å². The van der Waals surface area contributed by atoms with Gasteiger partial charge in [-0.25, -0.2) is 0 Å². The van der Waals surface area contributed by atoms with E-state index in [0.29, 0.717) is 0 Å². The second kappa shape index (κ2) is 15.9. The van der Waals surface area contributed by atoms with Gasteiger partial charge in [-0.15, -0.1) is 0 Å². The minimum Gasteiger partial charge on any atom is -0.456 e. The van der Waals surface area contributed by atoms with Crippen molar-refractivity contribution in [3.05, 3.63) is 275 Å². The highest BCUT2D eigenvalue weighted by molar-refractivity contribution is 6.08. The van der Waals surface area contributed by atoms with Crippen LogP contribution in [-0.4, -0.2) is 0 Å². The van der Waals surface area contributed by atoms with Gasteiger partial charge >= 0.3 is 0 Å².